The average molecular weight is 343 g/mol. The molecule has 138 valence electrons. The molecule has 0 bridgehead atoms. The molecular weight excluding hydrogens is 308 g/mol. The molecule has 2 saturated carbocycles. The van der Waals surface area contributed by atoms with Gasteiger partial charge in [0.2, 0.25) is 0 Å². The van der Waals surface area contributed by atoms with Gasteiger partial charge in [-0.1, -0.05) is 40.7 Å². The number of carbonyl (C=O) groups is 1. The van der Waals surface area contributed by atoms with Gasteiger partial charge in [-0.2, -0.15) is 0 Å². The molecule has 2 heteroatoms. The van der Waals surface area contributed by atoms with Gasteiger partial charge in [0.05, 0.1) is 7.11 Å². The lowest BCUT2D eigenvalue weighted by atomic mass is 9.55. The summed E-state index contributed by atoms with van der Waals surface area (Å²) in [5.74, 6) is 3.39. The quantitative estimate of drug-likeness (QED) is 0.646. The highest BCUT2D eigenvalue weighted by Crippen LogP contribution is 2.63. The average Bonchev–Trinajstić information content (AvgIpc) is 2.82. The third kappa shape index (κ3) is 2.73. The third-order valence-electron chi connectivity index (χ3n) is 7.19. The maximum Gasteiger partial charge on any atom is 0.144 e. The standard InChI is InChI=1S/C21H28O2.C2H6/c1-20(2)12-18-17-7-5-13-11-14(23-4)6-8-15(13)16(17)9-10-21(18,3)19(20)22;1-2/h6,8,11,16-18H,5,7,9-10,12H2,1-4H3;1-2H3. The van der Waals surface area contributed by atoms with Gasteiger partial charge in [-0.25, -0.2) is 0 Å². The Bertz CT molecular complexity index is 660. The Hall–Kier alpha value is -1.31. The fourth-order valence-corrected chi connectivity index (χ4v) is 6.08. The van der Waals surface area contributed by atoms with Crippen molar-refractivity contribution < 1.29 is 9.53 Å². The van der Waals surface area contributed by atoms with Crippen LogP contribution in [0.15, 0.2) is 18.2 Å². The van der Waals surface area contributed by atoms with Gasteiger partial charge in [0, 0.05) is 10.8 Å². The molecule has 0 aromatic heterocycles. The largest absolute Gasteiger partial charge is 0.497 e. The molecule has 0 radical (unpaired) electrons. The van der Waals surface area contributed by atoms with Crippen molar-refractivity contribution in [1.29, 1.82) is 0 Å². The second-order valence-electron chi connectivity index (χ2n) is 8.85. The fraction of sp³-hybridized carbons (Fsp3) is 0.696. The lowest BCUT2D eigenvalue weighted by Gasteiger charge is -2.48. The summed E-state index contributed by atoms with van der Waals surface area (Å²) in [5.41, 5.74) is 2.79. The molecule has 4 rings (SSSR count). The summed E-state index contributed by atoms with van der Waals surface area (Å²) < 4.78 is 5.40. The predicted molar refractivity (Wildman–Crippen MR) is 103 cm³/mol. The van der Waals surface area contributed by atoms with Gasteiger partial charge in [0.1, 0.15) is 11.5 Å². The van der Waals surface area contributed by atoms with Crippen LogP contribution in [0.25, 0.3) is 0 Å². The number of aryl methyl sites for hydroxylation is 1. The van der Waals surface area contributed by atoms with Crippen LogP contribution in [0.2, 0.25) is 0 Å². The van der Waals surface area contributed by atoms with Crippen molar-refractivity contribution in [3.8, 4) is 5.75 Å². The number of benzene rings is 1. The summed E-state index contributed by atoms with van der Waals surface area (Å²) in [6.07, 6.45) is 5.67. The van der Waals surface area contributed by atoms with Gasteiger partial charge in [0.15, 0.2) is 0 Å². The van der Waals surface area contributed by atoms with E-state index in [9.17, 15) is 4.79 Å². The molecule has 2 nitrogen and oxygen atoms in total. The maximum atomic E-state index is 13.0. The molecule has 0 saturated heterocycles. The zero-order valence-electron chi connectivity index (χ0n) is 16.8. The second-order valence-corrected chi connectivity index (χ2v) is 8.85. The Morgan fingerprint density at radius 3 is 2.52 bits per heavy atom. The molecule has 0 heterocycles. The van der Waals surface area contributed by atoms with Gasteiger partial charge >= 0.3 is 0 Å². The second kappa shape index (κ2) is 6.45. The molecule has 25 heavy (non-hydrogen) atoms. The predicted octanol–water partition coefficient (Wildman–Crippen LogP) is 5.78. The van der Waals surface area contributed by atoms with E-state index in [1.807, 2.05) is 13.8 Å². The summed E-state index contributed by atoms with van der Waals surface area (Å²) in [4.78, 5) is 13.0. The van der Waals surface area contributed by atoms with E-state index in [4.69, 9.17) is 4.74 Å². The molecule has 1 aromatic rings. The van der Waals surface area contributed by atoms with Crippen molar-refractivity contribution in [2.75, 3.05) is 7.11 Å². The highest BCUT2D eigenvalue weighted by atomic mass is 16.5. The van der Waals surface area contributed by atoms with Crippen LogP contribution in [-0.2, 0) is 11.2 Å². The van der Waals surface area contributed by atoms with Crippen molar-refractivity contribution in [3.63, 3.8) is 0 Å². The number of rotatable bonds is 1. The maximum absolute atomic E-state index is 13.0. The summed E-state index contributed by atoms with van der Waals surface area (Å²) in [5, 5.41) is 0. The zero-order valence-corrected chi connectivity index (χ0v) is 16.8. The number of carbonyl (C=O) groups excluding carboxylic acids is 1. The Morgan fingerprint density at radius 2 is 1.84 bits per heavy atom. The van der Waals surface area contributed by atoms with Crippen molar-refractivity contribution in [1.82, 2.24) is 0 Å². The number of hydrogen-bond acceptors (Lipinski definition) is 2. The minimum absolute atomic E-state index is 0.0748. The molecular formula is C23H34O2. The molecule has 3 aliphatic carbocycles. The molecule has 1 aromatic carbocycles. The van der Waals surface area contributed by atoms with E-state index < -0.39 is 0 Å². The highest BCUT2D eigenvalue weighted by molar-refractivity contribution is 5.92. The molecule has 4 atom stereocenters. The summed E-state index contributed by atoms with van der Waals surface area (Å²) in [6, 6.07) is 6.62. The zero-order chi connectivity index (χ0) is 18.4. The van der Waals surface area contributed by atoms with Crippen LogP contribution in [-0.4, -0.2) is 12.9 Å². The van der Waals surface area contributed by atoms with E-state index in [0.29, 0.717) is 23.5 Å². The molecule has 2 fully saturated rings. The monoisotopic (exact) mass is 342 g/mol. The number of fused-ring (bicyclic) bond motifs is 5. The third-order valence-corrected chi connectivity index (χ3v) is 7.19. The minimum Gasteiger partial charge on any atom is -0.497 e. The minimum atomic E-state index is -0.130. The van der Waals surface area contributed by atoms with Crippen molar-refractivity contribution in [2.45, 2.75) is 72.6 Å². The van der Waals surface area contributed by atoms with E-state index in [2.05, 4.69) is 39.0 Å². The van der Waals surface area contributed by atoms with Crippen LogP contribution in [0.5, 0.6) is 5.75 Å². The van der Waals surface area contributed by atoms with Crippen LogP contribution in [0.1, 0.15) is 77.3 Å². The SMILES string of the molecule is CC.COc1ccc2c(c1)CCC1C2CCC2(C)C(=O)C(C)(C)CC12. The number of Topliss-reactive ketones (excluding diaryl/α,β-unsaturated/α-hetero) is 1. The van der Waals surface area contributed by atoms with Gasteiger partial charge in [-0.05, 0) is 73.1 Å². The number of hydrogen-bond donors (Lipinski definition) is 0. The van der Waals surface area contributed by atoms with E-state index >= 15 is 0 Å². The van der Waals surface area contributed by atoms with Gasteiger partial charge in [-0.3, -0.25) is 4.79 Å². The van der Waals surface area contributed by atoms with Gasteiger partial charge in [-0.15, -0.1) is 0 Å². The molecule has 0 N–H and O–H groups in total. The first kappa shape index (κ1) is 18.5. The van der Waals surface area contributed by atoms with Crippen LogP contribution >= 0.6 is 0 Å². The van der Waals surface area contributed by atoms with Gasteiger partial charge < -0.3 is 4.74 Å². The van der Waals surface area contributed by atoms with Crippen molar-refractivity contribution in [3.05, 3.63) is 29.3 Å². The Morgan fingerprint density at radius 1 is 1.12 bits per heavy atom. The summed E-state index contributed by atoms with van der Waals surface area (Å²) >= 11 is 0. The molecule has 0 aliphatic heterocycles. The lowest BCUT2D eigenvalue weighted by molar-refractivity contribution is -0.134. The van der Waals surface area contributed by atoms with Crippen molar-refractivity contribution in [2.24, 2.45) is 22.7 Å². The Kier molecular flexibility index (Phi) is 4.77. The van der Waals surface area contributed by atoms with E-state index in [1.54, 1.807) is 7.11 Å². The smallest absolute Gasteiger partial charge is 0.144 e. The number of ether oxygens (including phenoxy) is 1. The molecule has 0 spiro atoms. The highest BCUT2D eigenvalue weighted by Gasteiger charge is 2.60. The van der Waals surface area contributed by atoms with Crippen LogP contribution in [0.3, 0.4) is 0 Å². The number of ketones is 1. The Labute approximate surface area is 153 Å². The molecule has 0 amide bonds. The van der Waals surface area contributed by atoms with Crippen LogP contribution in [0, 0.1) is 22.7 Å². The van der Waals surface area contributed by atoms with E-state index in [0.717, 1.165) is 25.0 Å². The molecule has 4 unspecified atom stereocenters. The first-order valence-electron chi connectivity index (χ1n) is 10.1. The van der Waals surface area contributed by atoms with Gasteiger partial charge in [0.25, 0.3) is 0 Å². The first-order chi connectivity index (χ1) is 11.9. The first-order valence-corrected chi connectivity index (χ1v) is 10.1. The Balaban J connectivity index is 0.000000880. The van der Waals surface area contributed by atoms with E-state index in [1.165, 1.54) is 24.0 Å². The topological polar surface area (TPSA) is 26.3 Å². The normalized spacial score (nSPS) is 35.0. The van der Waals surface area contributed by atoms with E-state index in [-0.39, 0.29) is 10.8 Å². The van der Waals surface area contributed by atoms with Crippen LogP contribution < -0.4 is 4.74 Å². The van der Waals surface area contributed by atoms with Crippen LogP contribution in [0.4, 0.5) is 0 Å². The van der Waals surface area contributed by atoms with Crippen molar-refractivity contribution >= 4 is 5.78 Å². The lowest BCUT2D eigenvalue weighted by Crippen LogP contribution is -2.43. The number of methoxy groups -OCH3 is 1. The summed E-state index contributed by atoms with van der Waals surface area (Å²) in [7, 11) is 1.74. The molecule has 3 aliphatic rings. The fourth-order valence-electron chi connectivity index (χ4n) is 6.08. The summed E-state index contributed by atoms with van der Waals surface area (Å²) in [6.45, 7) is 10.6.